The SMILES string of the molecule is CN(C)C(=O)c1ccc(Nc2ncc(I)c(Nc3ccccc3NC(=O)C3CC3)n2)cc1. The van der Waals surface area contributed by atoms with Crippen LogP contribution < -0.4 is 16.0 Å². The Labute approximate surface area is 200 Å². The minimum Gasteiger partial charge on any atom is -0.345 e. The monoisotopic (exact) mass is 542 g/mol. The first-order chi connectivity index (χ1) is 15.4. The molecule has 1 aliphatic rings. The predicted octanol–water partition coefficient (Wildman–Crippen LogP) is 4.62. The number of hydrogen-bond donors (Lipinski definition) is 3. The van der Waals surface area contributed by atoms with Gasteiger partial charge in [-0.2, -0.15) is 4.98 Å². The lowest BCUT2D eigenvalue weighted by Crippen LogP contribution is -2.21. The zero-order valence-corrected chi connectivity index (χ0v) is 19.9. The van der Waals surface area contributed by atoms with Crippen LogP contribution >= 0.6 is 22.6 Å². The lowest BCUT2D eigenvalue weighted by atomic mass is 10.2. The number of carbonyl (C=O) groups excluding carboxylic acids is 2. The molecule has 0 atom stereocenters. The number of benzene rings is 2. The fourth-order valence-electron chi connectivity index (χ4n) is 3.01. The second-order valence-electron chi connectivity index (χ2n) is 7.73. The molecule has 1 fully saturated rings. The largest absolute Gasteiger partial charge is 0.345 e. The lowest BCUT2D eigenvalue weighted by Gasteiger charge is -2.14. The van der Waals surface area contributed by atoms with E-state index in [4.69, 9.17) is 0 Å². The van der Waals surface area contributed by atoms with E-state index in [9.17, 15) is 9.59 Å². The van der Waals surface area contributed by atoms with Crippen molar-refractivity contribution in [3.63, 3.8) is 0 Å². The van der Waals surface area contributed by atoms with Gasteiger partial charge in [0.05, 0.1) is 14.9 Å². The van der Waals surface area contributed by atoms with Gasteiger partial charge in [0.25, 0.3) is 5.91 Å². The van der Waals surface area contributed by atoms with E-state index in [0.29, 0.717) is 17.3 Å². The quantitative estimate of drug-likeness (QED) is 0.377. The van der Waals surface area contributed by atoms with Gasteiger partial charge in [-0.25, -0.2) is 4.98 Å². The molecule has 0 saturated heterocycles. The van der Waals surface area contributed by atoms with E-state index >= 15 is 0 Å². The van der Waals surface area contributed by atoms with Crippen molar-refractivity contribution in [3.8, 4) is 0 Å². The third-order valence-electron chi connectivity index (χ3n) is 4.92. The van der Waals surface area contributed by atoms with Crippen molar-refractivity contribution in [2.75, 3.05) is 30.0 Å². The summed E-state index contributed by atoms with van der Waals surface area (Å²) in [6.45, 7) is 0. The van der Waals surface area contributed by atoms with Gasteiger partial charge in [0.2, 0.25) is 11.9 Å². The van der Waals surface area contributed by atoms with Gasteiger partial charge in [-0.15, -0.1) is 0 Å². The Kier molecular flexibility index (Phi) is 6.54. The standard InChI is InChI=1S/C23H23IN6O2/c1-30(2)22(32)15-9-11-16(12-10-15)26-23-25-13-17(24)20(29-23)27-18-5-3-4-6-19(18)28-21(31)14-7-8-14/h3-6,9-14H,7-8H2,1-2H3,(H,28,31)(H2,25,26,27,29). The molecule has 0 unspecified atom stereocenters. The van der Waals surface area contributed by atoms with E-state index < -0.39 is 0 Å². The molecule has 1 aromatic heterocycles. The average molecular weight is 542 g/mol. The van der Waals surface area contributed by atoms with Crippen LogP contribution in [0.1, 0.15) is 23.2 Å². The van der Waals surface area contributed by atoms with Gasteiger partial charge in [-0.3, -0.25) is 9.59 Å². The van der Waals surface area contributed by atoms with E-state index in [1.54, 1.807) is 32.4 Å². The predicted molar refractivity (Wildman–Crippen MR) is 134 cm³/mol. The fraction of sp³-hybridized carbons (Fsp3) is 0.217. The van der Waals surface area contributed by atoms with Crippen LogP contribution in [0.15, 0.2) is 54.7 Å². The lowest BCUT2D eigenvalue weighted by molar-refractivity contribution is -0.117. The second kappa shape index (κ2) is 9.51. The number of rotatable bonds is 7. The zero-order valence-electron chi connectivity index (χ0n) is 17.7. The molecule has 0 bridgehead atoms. The van der Waals surface area contributed by atoms with Gasteiger partial charge in [0.15, 0.2) is 0 Å². The summed E-state index contributed by atoms with van der Waals surface area (Å²) in [7, 11) is 3.44. The summed E-state index contributed by atoms with van der Waals surface area (Å²) >= 11 is 2.17. The topological polar surface area (TPSA) is 99.3 Å². The van der Waals surface area contributed by atoms with E-state index in [-0.39, 0.29) is 17.7 Å². The number of carbonyl (C=O) groups is 2. The Morgan fingerprint density at radius 2 is 1.69 bits per heavy atom. The minimum atomic E-state index is -0.0546. The van der Waals surface area contributed by atoms with Crippen molar-refractivity contribution in [1.82, 2.24) is 14.9 Å². The number of aromatic nitrogens is 2. The van der Waals surface area contributed by atoms with Crippen LogP contribution in [0.4, 0.5) is 28.8 Å². The normalized spacial score (nSPS) is 12.7. The maximum Gasteiger partial charge on any atom is 0.253 e. The smallest absolute Gasteiger partial charge is 0.253 e. The van der Waals surface area contributed by atoms with Crippen LogP contribution in [0, 0.1) is 9.49 Å². The van der Waals surface area contributed by atoms with Crippen molar-refractivity contribution in [2.24, 2.45) is 5.92 Å². The summed E-state index contributed by atoms with van der Waals surface area (Å²) in [5, 5.41) is 9.46. The number of hydrogen-bond acceptors (Lipinski definition) is 6. The molecule has 4 rings (SSSR count). The molecule has 0 spiro atoms. The maximum atomic E-state index is 12.2. The Bertz CT molecular complexity index is 1150. The van der Waals surface area contributed by atoms with Crippen LogP contribution in [0.2, 0.25) is 0 Å². The molecular formula is C23H23IN6O2. The number of para-hydroxylation sites is 2. The van der Waals surface area contributed by atoms with Crippen LogP contribution in [0.5, 0.6) is 0 Å². The highest BCUT2D eigenvalue weighted by atomic mass is 127. The third kappa shape index (κ3) is 5.34. The van der Waals surface area contributed by atoms with Crippen LogP contribution in [-0.2, 0) is 4.79 Å². The van der Waals surface area contributed by atoms with E-state index in [1.165, 1.54) is 4.90 Å². The van der Waals surface area contributed by atoms with Gasteiger partial charge in [0, 0.05) is 37.5 Å². The highest BCUT2D eigenvalue weighted by Gasteiger charge is 2.30. The molecule has 3 aromatic rings. The summed E-state index contributed by atoms with van der Waals surface area (Å²) < 4.78 is 0.836. The van der Waals surface area contributed by atoms with Crippen molar-refractivity contribution in [2.45, 2.75) is 12.8 Å². The van der Waals surface area contributed by atoms with Crippen LogP contribution in [0.25, 0.3) is 0 Å². The van der Waals surface area contributed by atoms with Gasteiger partial charge in [-0.1, -0.05) is 12.1 Å². The highest BCUT2D eigenvalue weighted by Crippen LogP contribution is 2.33. The first kappa shape index (κ1) is 22.0. The molecule has 1 aliphatic carbocycles. The van der Waals surface area contributed by atoms with Gasteiger partial charge < -0.3 is 20.9 Å². The van der Waals surface area contributed by atoms with Crippen LogP contribution in [0.3, 0.4) is 0 Å². The Balaban J connectivity index is 1.50. The number of anilines is 5. The Hall–Kier alpha value is -3.21. The summed E-state index contributed by atoms with van der Waals surface area (Å²) in [6, 6.07) is 14.7. The minimum absolute atomic E-state index is 0.0511. The first-order valence-electron chi connectivity index (χ1n) is 10.2. The molecule has 1 heterocycles. The molecule has 32 heavy (non-hydrogen) atoms. The van der Waals surface area contributed by atoms with Crippen molar-refractivity contribution in [1.29, 1.82) is 0 Å². The molecule has 9 heteroatoms. The Morgan fingerprint density at radius 3 is 2.34 bits per heavy atom. The zero-order chi connectivity index (χ0) is 22.7. The molecule has 2 aromatic carbocycles. The van der Waals surface area contributed by atoms with E-state index in [2.05, 4.69) is 48.5 Å². The van der Waals surface area contributed by atoms with E-state index in [0.717, 1.165) is 33.5 Å². The van der Waals surface area contributed by atoms with Gasteiger partial charge in [0.1, 0.15) is 5.82 Å². The maximum absolute atomic E-state index is 12.2. The summed E-state index contributed by atoms with van der Waals surface area (Å²) in [5.74, 6) is 1.16. The Morgan fingerprint density at radius 1 is 1.00 bits per heavy atom. The molecule has 0 radical (unpaired) electrons. The fourth-order valence-corrected chi connectivity index (χ4v) is 3.40. The van der Waals surface area contributed by atoms with Crippen molar-refractivity contribution < 1.29 is 9.59 Å². The first-order valence-corrected chi connectivity index (χ1v) is 11.3. The number of amides is 2. The number of halogens is 1. The molecule has 0 aliphatic heterocycles. The molecule has 164 valence electrons. The second-order valence-corrected chi connectivity index (χ2v) is 8.89. The molecule has 8 nitrogen and oxygen atoms in total. The third-order valence-corrected chi connectivity index (χ3v) is 5.71. The van der Waals surface area contributed by atoms with E-state index in [1.807, 2.05) is 36.4 Å². The molecule has 1 saturated carbocycles. The molecule has 3 N–H and O–H groups in total. The number of nitrogens with zero attached hydrogens (tertiary/aromatic N) is 3. The summed E-state index contributed by atoms with van der Waals surface area (Å²) in [6.07, 6.45) is 3.61. The van der Waals surface area contributed by atoms with Crippen LogP contribution in [-0.4, -0.2) is 40.8 Å². The van der Waals surface area contributed by atoms with Gasteiger partial charge in [-0.05, 0) is 71.8 Å². The van der Waals surface area contributed by atoms with Crippen molar-refractivity contribution >= 4 is 63.2 Å². The summed E-state index contributed by atoms with van der Waals surface area (Å²) in [5.41, 5.74) is 2.85. The van der Waals surface area contributed by atoms with Gasteiger partial charge >= 0.3 is 0 Å². The highest BCUT2D eigenvalue weighted by molar-refractivity contribution is 14.1. The number of nitrogens with one attached hydrogen (secondary N) is 3. The molecule has 2 amide bonds. The van der Waals surface area contributed by atoms with Crippen molar-refractivity contribution in [3.05, 3.63) is 63.9 Å². The summed E-state index contributed by atoms with van der Waals surface area (Å²) in [4.78, 5) is 34.7. The molecular weight excluding hydrogens is 519 g/mol. The average Bonchev–Trinajstić information content (AvgIpc) is 3.63.